The second-order valence-corrected chi connectivity index (χ2v) is 10.3. The van der Waals surface area contributed by atoms with E-state index in [4.69, 9.17) is 4.74 Å². The molecule has 1 aliphatic rings. The van der Waals surface area contributed by atoms with Gasteiger partial charge in [0.05, 0.1) is 33.4 Å². The number of hydrogen-bond donors (Lipinski definition) is 2. The van der Waals surface area contributed by atoms with Crippen LogP contribution < -0.4 is 10.6 Å². The second-order valence-electron chi connectivity index (χ2n) is 8.27. The number of rotatable bonds is 7. The van der Waals surface area contributed by atoms with E-state index < -0.39 is 9.84 Å². The first-order valence-corrected chi connectivity index (χ1v) is 12.9. The molecule has 2 N–H and O–H groups in total. The molecule has 0 unspecified atom stereocenters. The summed E-state index contributed by atoms with van der Waals surface area (Å²) in [4.78, 5) is 18.2. The van der Waals surface area contributed by atoms with Gasteiger partial charge in [-0.1, -0.05) is 12.1 Å². The Hall–Kier alpha value is -2.98. The standard InChI is InChI=1S/C23H29N5O4S/c1-4-28-22-19(14-25-28)21(27-17-9-11-32-12-10-17)20(15(2)26-22)23(29)24-13-16-5-7-18(8-6-16)33(3,30)31/h5-8,14,17H,4,9-13H2,1-3H3,(H,24,29)(H,26,27). The maximum absolute atomic E-state index is 13.3. The third-order valence-electron chi connectivity index (χ3n) is 5.87. The van der Waals surface area contributed by atoms with Crippen molar-refractivity contribution in [1.82, 2.24) is 20.1 Å². The van der Waals surface area contributed by atoms with Gasteiger partial charge in [0.15, 0.2) is 15.5 Å². The molecule has 1 aliphatic heterocycles. The summed E-state index contributed by atoms with van der Waals surface area (Å²) in [5.41, 5.74) is 3.42. The van der Waals surface area contributed by atoms with Gasteiger partial charge in [0.1, 0.15) is 0 Å². The van der Waals surface area contributed by atoms with Crippen molar-refractivity contribution in [3.63, 3.8) is 0 Å². The van der Waals surface area contributed by atoms with Crippen LogP contribution in [0, 0.1) is 6.92 Å². The van der Waals surface area contributed by atoms with Gasteiger partial charge in [-0.2, -0.15) is 5.10 Å². The van der Waals surface area contributed by atoms with Crippen LogP contribution in [0.1, 0.15) is 41.4 Å². The first-order valence-electron chi connectivity index (χ1n) is 11.1. The molecule has 9 nitrogen and oxygen atoms in total. The first kappa shape index (κ1) is 23.2. The molecule has 4 rings (SSSR count). The van der Waals surface area contributed by atoms with Crippen LogP contribution in [-0.2, 0) is 27.7 Å². The van der Waals surface area contributed by atoms with E-state index >= 15 is 0 Å². The van der Waals surface area contributed by atoms with E-state index in [9.17, 15) is 13.2 Å². The highest BCUT2D eigenvalue weighted by Gasteiger charge is 2.24. The SMILES string of the molecule is CCn1ncc2c(NC3CCOCC3)c(C(=O)NCc3ccc(S(C)(=O)=O)cc3)c(C)nc21. The monoisotopic (exact) mass is 471 g/mol. The highest BCUT2D eigenvalue weighted by atomic mass is 32.2. The molecule has 3 aromatic rings. The average molecular weight is 472 g/mol. The predicted molar refractivity (Wildman–Crippen MR) is 126 cm³/mol. The van der Waals surface area contributed by atoms with E-state index in [2.05, 4.69) is 20.7 Å². The van der Waals surface area contributed by atoms with Crippen LogP contribution in [0.15, 0.2) is 35.4 Å². The van der Waals surface area contributed by atoms with Gasteiger partial charge in [-0.15, -0.1) is 0 Å². The minimum atomic E-state index is -3.26. The summed E-state index contributed by atoms with van der Waals surface area (Å²) in [6, 6.07) is 6.71. The number of aryl methyl sites for hydroxylation is 2. The lowest BCUT2D eigenvalue weighted by Gasteiger charge is -2.26. The summed E-state index contributed by atoms with van der Waals surface area (Å²) < 4.78 is 30.6. The Morgan fingerprint density at radius 2 is 1.91 bits per heavy atom. The molecule has 0 radical (unpaired) electrons. The number of nitrogens with zero attached hydrogens (tertiary/aromatic N) is 3. The highest BCUT2D eigenvalue weighted by Crippen LogP contribution is 2.30. The zero-order chi connectivity index (χ0) is 23.6. The Morgan fingerprint density at radius 1 is 1.21 bits per heavy atom. The molecule has 176 valence electrons. The molecule has 1 aromatic carbocycles. The first-order chi connectivity index (χ1) is 15.8. The van der Waals surface area contributed by atoms with Crippen molar-refractivity contribution in [2.24, 2.45) is 0 Å². The van der Waals surface area contributed by atoms with Crippen LogP contribution in [0.3, 0.4) is 0 Å². The van der Waals surface area contributed by atoms with Crippen molar-refractivity contribution < 1.29 is 17.9 Å². The molecule has 1 fully saturated rings. The smallest absolute Gasteiger partial charge is 0.255 e. The molecule has 3 heterocycles. The summed E-state index contributed by atoms with van der Waals surface area (Å²) in [5.74, 6) is -0.243. The normalized spacial score (nSPS) is 15.0. The van der Waals surface area contributed by atoms with E-state index in [0.29, 0.717) is 31.0 Å². The molecule has 0 aliphatic carbocycles. The van der Waals surface area contributed by atoms with E-state index in [1.807, 2.05) is 18.5 Å². The minimum absolute atomic E-state index is 0.198. The summed E-state index contributed by atoms with van der Waals surface area (Å²) in [5, 5.41) is 11.8. The molecule has 10 heteroatoms. The molecule has 1 amide bonds. The molecular weight excluding hydrogens is 442 g/mol. The number of hydrogen-bond acceptors (Lipinski definition) is 7. The van der Waals surface area contributed by atoms with Gasteiger partial charge in [0, 0.05) is 38.6 Å². The molecule has 0 spiro atoms. The highest BCUT2D eigenvalue weighted by molar-refractivity contribution is 7.90. The van der Waals surface area contributed by atoms with Gasteiger partial charge < -0.3 is 15.4 Å². The number of anilines is 1. The van der Waals surface area contributed by atoms with Crippen LogP contribution in [0.5, 0.6) is 0 Å². The Labute approximate surface area is 193 Å². The fourth-order valence-electron chi connectivity index (χ4n) is 4.03. The lowest BCUT2D eigenvalue weighted by molar-refractivity contribution is 0.0903. The number of carbonyl (C=O) groups is 1. The molecule has 0 saturated carbocycles. The molecule has 2 aromatic heterocycles. The van der Waals surface area contributed by atoms with Crippen molar-refractivity contribution in [2.45, 2.75) is 50.7 Å². The third-order valence-corrected chi connectivity index (χ3v) is 7.00. The van der Waals surface area contributed by atoms with E-state index in [1.54, 1.807) is 30.5 Å². The summed E-state index contributed by atoms with van der Waals surface area (Å²) in [6.07, 6.45) is 4.65. The Balaban J connectivity index is 1.63. The van der Waals surface area contributed by atoms with Crippen molar-refractivity contribution in [1.29, 1.82) is 0 Å². The quantitative estimate of drug-likeness (QED) is 0.544. The van der Waals surface area contributed by atoms with Gasteiger partial charge in [-0.3, -0.25) is 4.79 Å². The number of sulfone groups is 1. The zero-order valence-electron chi connectivity index (χ0n) is 19.1. The van der Waals surface area contributed by atoms with Crippen LogP contribution >= 0.6 is 0 Å². The van der Waals surface area contributed by atoms with Crippen molar-refractivity contribution in [3.8, 4) is 0 Å². The predicted octanol–water partition coefficient (Wildman–Crippen LogP) is 2.68. The van der Waals surface area contributed by atoms with Crippen molar-refractivity contribution in [2.75, 3.05) is 24.8 Å². The van der Waals surface area contributed by atoms with E-state index in [1.165, 1.54) is 6.26 Å². The van der Waals surface area contributed by atoms with Crippen molar-refractivity contribution in [3.05, 3.63) is 47.3 Å². The van der Waals surface area contributed by atoms with Gasteiger partial charge >= 0.3 is 0 Å². The number of fused-ring (bicyclic) bond motifs is 1. The van der Waals surface area contributed by atoms with Gasteiger partial charge in [0.25, 0.3) is 5.91 Å². The van der Waals surface area contributed by atoms with E-state index in [-0.39, 0.29) is 23.4 Å². The van der Waals surface area contributed by atoms with E-state index in [0.717, 1.165) is 35.1 Å². The van der Waals surface area contributed by atoms with Crippen LogP contribution in [0.4, 0.5) is 5.69 Å². The Bertz CT molecular complexity index is 1260. The fraction of sp³-hybridized carbons (Fsp3) is 0.435. The molecule has 1 saturated heterocycles. The maximum Gasteiger partial charge on any atom is 0.255 e. The summed E-state index contributed by atoms with van der Waals surface area (Å²) in [6.45, 7) is 6.16. The van der Waals surface area contributed by atoms with Gasteiger partial charge in [0.2, 0.25) is 0 Å². The van der Waals surface area contributed by atoms with Crippen molar-refractivity contribution >= 4 is 32.5 Å². The maximum atomic E-state index is 13.3. The van der Waals surface area contributed by atoms with Crippen LogP contribution in [0.25, 0.3) is 11.0 Å². The third kappa shape index (κ3) is 5.01. The Kier molecular flexibility index (Phi) is 6.66. The number of benzene rings is 1. The summed E-state index contributed by atoms with van der Waals surface area (Å²) >= 11 is 0. The fourth-order valence-corrected chi connectivity index (χ4v) is 4.66. The molecule has 0 atom stereocenters. The second kappa shape index (κ2) is 9.48. The van der Waals surface area contributed by atoms with Gasteiger partial charge in [-0.25, -0.2) is 18.1 Å². The summed E-state index contributed by atoms with van der Waals surface area (Å²) in [7, 11) is -3.26. The number of nitrogens with one attached hydrogen (secondary N) is 2. The number of pyridine rings is 1. The Morgan fingerprint density at radius 3 is 2.55 bits per heavy atom. The number of ether oxygens (including phenoxy) is 1. The minimum Gasteiger partial charge on any atom is -0.381 e. The number of carbonyl (C=O) groups excluding carboxylic acids is 1. The number of amides is 1. The molecule has 0 bridgehead atoms. The van der Waals surface area contributed by atoms with Crippen LogP contribution in [0.2, 0.25) is 0 Å². The lowest BCUT2D eigenvalue weighted by atomic mass is 10.0. The number of aromatic nitrogens is 3. The molecular formula is C23H29N5O4S. The average Bonchev–Trinajstić information content (AvgIpc) is 3.20. The van der Waals surface area contributed by atoms with Gasteiger partial charge in [-0.05, 0) is 44.4 Å². The lowest BCUT2D eigenvalue weighted by Crippen LogP contribution is -2.31. The van der Waals surface area contributed by atoms with Crippen LogP contribution in [-0.4, -0.2) is 54.6 Å². The zero-order valence-corrected chi connectivity index (χ0v) is 19.9. The molecule has 33 heavy (non-hydrogen) atoms. The topological polar surface area (TPSA) is 115 Å². The largest absolute Gasteiger partial charge is 0.381 e.